The topological polar surface area (TPSA) is 0 Å². The summed E-state index contributed by atoms with van der Waals surface area (Å²) in [6.45, 7) is 2.29. The lowest BCUT2D eigenvalue weighted by Crippen LogP contribution is -2.10. The Balaban J connectivity index is 1.62. The van der Waals surface area contributed by atoms with Crippen LogP contribution in [0.4, 0.5) is 0 Å². The molecule has 0 N–H and O–H groups in total. The van der Waals surface area contributed by atoms with Crippen LogP contribution in [-0.2, 0) is 0 Å². The summed E-state index contributed by atoms with van der Waals surface area (Å²) in [5, 5.41) is 0. The lowest BCUT2D eigenvalue weighted by molar-refractivity contribution is 0.525. The van der Waals surface area contributed by atoms with E-state index >= 15 is 0 Å². The number of benzene rings is 1. The second kappa shape index (κ2) is 5.94. The first kappa shape index (κ1) is 13.0. The van der Waals surface area contributed by atoms with Crippen molar-refractivity contribution < 1.29 is 0 Å². The molecule has 3 rings (SSSR count). The summed E-state index contributed by atoms with van der Waals surface area (Å²) in [5.74, 6) is 2.57. The van der Waals surface area contributed by atoms with Crippen molar-refractivity contribution in [2.24, 2.45) is 11.8 Å². The van der Waals surface area contributed by atoms with E-state index in [0.717, 1.165) is 17.8 Å². The van der Waals surface area contributed by atoms with Gasteiger partial charge in [0.05, 0.1) is 0 Å². The van der Waals surface area contributed by atoms with Crippen molar-refractivity contribution >= 4 is 0 Å². The molecular weight excluding hydrogens is 228 g/mol. The van der Waals surface area contributed by atoms with Gasteiger partial charge in [-0.1, -0.05) is 68.2 Å². The molecule has 1 saturated carbocycles. The Kier molecular flexibility index (Phi) is 4.06. The highest BCUT2D eigenvalue weighted by Crippen LogP contribution is 2.53. The van der Waals surface area contributed by atoms with Crippen LogP contribution in [-0.4, -0.2) is 0 Å². The Hall–Kier alpha value is -1.04. The van der Waals surface area contributed by atoms with E-state index in [0.29, 0.717) is 0 Å². The molecule has 1 aromatic rings. The Labute approximate surface area is 117 Å². The summed E-state index contributed by atoms with van der Waals surface area (Å²) in [5.41, 5.74) is 3.37. The monoisotopic (exact) mass is 254 g/mol. The number of hydrogen-bond donors (Lipinski definition) is 0. The van der Waals surface area contributed by atoms with Crippen LogP contribution in [0.5, 0.6) is 0 Å². The van der Waals surface area contributed by atoms with Gasteiger partial charge in [-0.15, -0.1) is 0 Å². The molecule has 2 aliphatic carbocycles. The number of fused-ring (bicyclic) bond motifs is 2. The number of allylic oxidation sites excluding steroid dienone is 2. The maximum Gasteiger partial charge on any atom is -0.00905 e. The Morgan fingerprint density at radius 2 is 1.74 bits per heavy atom. The number of hydrogen-bond acceptors (Lipinski definition) is 0. The third-order valence-corrected chi connectivity index (χ3v) is 5.07. The van der Waals surface area contributed by atoms with Crippen molar-refractivity contribution in [2.45, 2.75) is 57.8 Å². The maximum absolute atomic E-state index is 2.62. The van der Waals surface area contributed by atoms with Crippen LogP contribution in [0.1, 0.15) is 63.4 Å². The largest absolute Gasteiger partial charge is 0.0819 e. The minimum absolute atomic E-state index is 0.817. The van der Waals surface area contributed by atoms with Crippen LogP contribution < -0.4 is 0 Å². The molecule has 19 heavy (non-hydrogen) atoms. The Morgan fingerprint density at radius 1 is 0.947 bits per heavy atom. The Morgan fingerprint density at radius 3 is 2.47 bits per heavy atom. The first-order valence-corrected chi connectivity index (χ1v) is 8.14. The van der Waals surface area contributed by atoms with Crippen molar-refractivity contribution in [2.75, 3.05) is 0 Å². The summed E-state index contributed by atoms with van der Waals surface area (Å²) in [6, 6.07) is 11.2. The Bertz CT molecular complexity index is 429. The highest BCUT2D eigenvalue weighted by atomic mass is 14.4. The summed E-state index contributed by atoms with van der Waals surface area (Å²) in [4.78, 5) is 0. The zero-order valence-electron chi connectivity index (χ0n) is 12.1. The summed E-state index contributed by atoms with van der Waals surface area (Å²) in [7, 11) is 0. The van der Waals surface area contributed by atoms with Crippen molar-refractivity contribution in [1.29, 1.82) is 0 Å². The van der Waals surface area contributed by atoms with Crippen LogP contribution in [0.2, 0.25) is 0 Å². The average molecular weight is 254 g/mol. The van der Waals surface area contributed by atoms with E-state index in [1.54, 1.807) is 11.1 Å². The number of rotatable bonds is 6. The molecule has 0 amide bonds. The van der Waals surface area contributed by atoms with E-state index in [1.165, 1.54) is 44.9 Å². The molecule has 1 fully saturated rings. The molecule has 0 unspecified atom stereocenters. The van der Waals surface area contributed by atoms with E-state index in [9.17, 15) is 0 Å². The number of unbranched alkanes of at least 4 members (excludes halogenated alkanes) is 3. The molecule has 0 heteroatoms. The van der Waals surface area contributed by atoms with Gasteiger partial charge in [-0.25, -0.2) is 0 Å². The van der Waals surface area contributed by atoms with Gasteiger partial charge >= 0.3 is 0 Å². The van der Waals surface area contributed by atoms with Gasteiger partial charge in [-0.2, -0.15) is 0 Å². The van der Waals surface area contributed by atoms with Gasteiger partial charge in [0.1, 0.15) is 0 Å². The van der Waals surface area contributed by atoms with Gasteiger partial charge < -0.3 is 0 Å². The average Bonchev–Trinajstić information content (AvgIpc) is 3.04. The van der Waals surface area contributed by atoms with Crippen molar-refractivity contribution in [3.05, 3.63) is 47.5 Å². The molecule has 0 saturated heterocycles. The molecule has 0 spiro atoms. The van der Waals surface area contributed by atoms with Gasteiger partial charge in [0.15, 0.2) is 0 Å². The third-order valence-electron chi connectivity index (χ3n) is 5.07. The van der Waals surface area contributed by atoms with Gasteiger partial charge in [-0.3, -0.25) is 0 Å². The predicted octanol–water partition coefficient (Wildman–Crippen LogP) is 5.71. The highest BCUT2D eigenvalue weighted by Gasteiger charge is 2.40. The second-order valence-corrected chi connectivity index (χ2v) is 6.41. The molecule has 0 radical (unpaired) electrons. The smallest absolute Gasteiger partial charge is 0.00905 e. The maximum atomic E-state index is 2.62. The van der Waals surface area contributed by atoms with Crippen molar-refractivity contribution in [3.63, 3.8) is 0 Å². The van der Waals surface area contributed by atoms with E-state index in [4.69, 9.17) is 0 Å². The molecule has 2 bridgehead atoms. The molecular formula is C19H26. The molecule has 102 valence electrons. The summed E-state index contributed by atoms with van der Waals surface area (Å²) >= 11 is 0. The minimum Gasteiger partial charge on any atom is -0.0819 e. The third kappa shape index (κ3) is 2.78. The second-order valence-electron chi connectivity index (χ2n) is 6.41. The van der Waals surface area contributed by atoms with E-state index in [-0.39, 0.29) is 0 Å². The first-order chi connectivity index (χ1) is 9.38. The van der Waals surface area contributed by atoms with Crippen molar-refractivity contribution in [3.8, 4) is 0 Å². The van der Waals surface area contributed by atoms with Crippen LogP contribution in [0, 0.1) is 11.8 Å². The quantitative estimate of drug-likeness (QED) is 0.451. The predicted molar refractivity (Wildman–Crippen MR) is 82.2 cm³/mol. The molecule has 0 heterocycles. The standard InChI is InChI=1S/C19H26/c1-2-3-4-6-11-17-12-15-13-18(19(17)14-15)16-9-7-5-8-10-16/h5,7-10,12,15,18-19H,2-4,6,11,13-14H2,1H3/t15-,18+,19+/m1/s1. The minimum atomic E-state index is 0.817. The molecule has 0 nitrogen and oxygen atoms in total. The van der Waals surface area contributed by atoms with Crippen LogP contribution in [0.15, 0.2) is 42.0 Å². The summed E-state index contributed by atoms with van der Waals surface area (Å²) in [6.07, 6.45) is 12.4. The fourth-order valence-electron chi connectivity index (χ4n) is 4.14. The molecule has 0 aliphatic heterocycles. The summed E-state index contributed by atoms with van der Waals surface area (Å²) < 4.78 is 0. The van der Waals surface area contributed by atoms with Crippen LogP contribution in [0.25, 0.3) is 0 Å². The zero-order valence-corrected chi connectivity index (χ0v) is 12.1. The fraction of sp³-hybridized carbons (Fsp3) is 0.579. The van der Waals surface area contributed by atoms with Gasteiger partial charge in [0, 0.05) is 0 Å². The first-order valence-electron chi connectivity index (χ1n) is 8.14. The van der Waals surface area contributed by atoms with Gasteiger partial charge in [0.2, 0.25) is 0 Å². The van der Waals surface area contributed by atoms with E-state index < -0.39 is 0 Å². The fourth-order valence-corrected chi connectivity index (χ4v) is 4.14. The molecule has 2 aliphatic rings. The lowest BCUT2D eigenvalue weighted by atomic mass is 9.81. The molecule has 3 atom stereocenters. The van der Waals surface area contributed by atoms with Crippen molar-refractivity contribution in [1.82, 2.24) is 0 Å². The normalized spacial score (nSPS) is 28.7. The van der Waals surface area contributed by atoms with Crippen LogP contribution >= 0.6 is 0 Å². The van der Waals surface area contributed by atoms with Crippen LogP contribution in [0.3, 0.4) is 0 Å². The molecule has 0 aromatic heterocycles. The van der Waals surface area contributed by atoms with E-state index in [2.05, 4.69) is 43.3 Å². The zero-order chi connectivity index (χ0) is 13.1. The molecule has 1 aromatic carbocycles. The lowest BCUT2D eigenvalue weighted by Gasteiger charge is -2.24. The highest BCUT2D eigenvalue weighted by molar-refractivity contribution is 5.31. The van der Waals surface area contributed by atoms with Gasteiger partial charge in [0.25, 0.3) is 0 Å². The van der Waals surface area contributed by atoms with Gasteiger partial charge in [-0.05, 0) is 49.0 Å². The SMILES string of the molecule is CCCCCCC1=C[C@H]2C[C@@H]1[C@H](c1ccccc1)C2. The van der Waals surface area contributed by atoms with E-state index in [1.807, 2.05) is 0 Å².